The smallest absolute Gasteiger partial charge is 0.335 e. The van der Waals surface area contributed by atoms with Crippen LogP contribution in [0.4, 0.5) is 0 Å². The van der Waals surface area contributed by atoms with Gasteiger partial charge in [0, 0.05) is 5.56 Å². The van der Waals surface area contributed by atoms with E-state index in [1.54, 1.807) is 6.07 Å². The third-order valence-electron chi connectivity index (χ3n) is 3.65. The van der Waals surface area contributed by atoms with Crippen LogP contribution in [-0.4, -0.2) is 22.7 Å². The number of aromatic carboxylic acids is 1. The van der Waals surface area contributed by atoms with Gasteiger partial charge in [-0.15, -0.1) is 0 Å². The molecule has 0 saturated carbocycles. The predicted octanol–water partition coefficient (Wildman–Crippen LogP) is 3.05. The number of oxazole rings is 1. The first kappa shape index (κ1) is 12.0. The molecule has 0 spiro atoms. The molecule has 1 aromatic heterocycles. The Balaban J connectivity index is 1.80. The van der Waals surface area contributed by atoms with Gasteiger partial charge in [-0.2, -0.15) is 0 Å². The van der Waals surface area contributed by atoms with Crippen molar-refractivity contribution >= 4 is 17.1 Å². The van der Waals surface area contributed by atoms with E-state index in [1.807, 2.05) is 24.3 Å². The highest BCUT2D eigenvalue weighted by molar-refractivity contribution is 5.91. The minimum atomic E-state index is -0.976. The Morgan fingerprint density at radius 3 is 2.95 bits per heavy atom. The Morgan fingerprint density at radius 1 is 1.24 bits per heavy atom. The largest absolute Gasteiger partial charge is 0.492 e. The van der Waals surface area contributed by atoms with Crippen LogP contribution in [0.2, 0.25) is 0 Å². The fraction of sp³-hybridized carbons (Fsp3) is 0.125. The number of hydrogen-bond acceptors (Lipinski definition) is 4. The number of para-hydroxylation sites is 1. The van der Waals surface area contributed by atoms with Crippen LogP contribution in [-0.2, 0) is 0 Å². The predicted molar refractivity (Wildman–Crippen MR) is 74.7 cm³/mol. The normalized spacial score (nSPS) is 16.7. The standard InChI is InChI=1S/C16H11NO4/c18-16(19)9-5-6-14-12(7-9)17-15(21-14)11-8-20-13-4-2-1-3-10(11)13/h1-7,11H,8H2,(H,18,19). The summed E-state index contributed by atoms with van der Waals surface area (Å²) in [6, 6.07) is 12.4. The lowest BCUT2D eigenvalue weighted by Crippen LogP contribution is -2.02. The molecular weight excluding hydrogens is 270 g/mol. The van der Waals surface area contributed by atoms with Crippen molar-refractivity contribution in [3.8, 4) is 5.75 Å². The van der Waals surface area contributed by atoms with E-state index in [4.69, 9.17) is 14.3 Å². The molecule has 4 rings (SSSR count). The lowest BCUT2D eigenvalue weighted by Gasteiger charge is -2.02. The minimum Gasteiger partial charge on any atom is -0.492 e. The second-order valence-electron chi connectivity index (χ2n) is 4.94. The summed E-state index contributed by atoms with van der Waals surface area (Å²) in [5.41, 5.74) is 2.38. The molecule has 5 heteroatoms. The van der Waals surface area contributed by atoms with Gasteiger partial charge in [0.15, 0.2) is 5.58 Å². The molecule has 104 valence electrons. The van der Waals surface area contributed by atoms with Crippen molar-refractivity contribution in [2.45, 2.75) is 5.92 Å². The van der Waals surface area contributed by atoms with Crippen molar-refractivity contribution in [1.82, 2.24) is 4.98 Å². The number of nitrogens with zero attached hydrogens (tertiary/aromatic N) is 1. The van der Waals surface area contributed by atoms with E-state index in [0.717, 1.165) is 11.3 Å². The van der Waals surface area contributed by atoms with E-state index in [1.165, 1.54) is 12.1 Å². The van der Waals surface area contributed by atoms with Crippen LogP contribution >= 0.6 is 0 Å². The molecule has 0 radical (unpaired) electrons. The molecular formula is C16H11NO4. The average molecular weight is 281 g/mol. The SMILES string of the molecule is O=C(O)c1ccc2oc(C3COc4ccccc43)nc2c1. The summed E-state index contributed by atoms with van der Waals surface area (Å²) >= 11 is 0. The van der Waals surface area contributed by atoms with Gasteiger partial charge in [0.05, 0.1) is 11.5 Å². The van der Waals surface area contributed by atoms with Gasteiger partial charge in [-0.1, -0.05) is 18.2 Å². The van der Waals surface area contributed by atoms with Crippen LogP contribution in [0.15, 0.2) is 46.9 Å². The molecule has 1 N–H and O–H groups in total. The van der Waals surface area contributed by atoms with Gasteiger partial charge < -0.3 is 14.3 Å². The van der Waals surface area contributed by atoms with Gasteiger partial charge in [-0.3, -0.25) is 0 Å². The monoisotopic (exact) mass is 281 g/mol. The van der Waals surface area contributed by atoms with E-state index >= 15 is 0 Å². The highest BCUT2D eigenvalue weighted by Gasteiger charge is 2.29. The van der Waals surface area contributed by atoms with Gasteiger partial charge in [-0.05, 0) is 24.3 Å². The number of fused-ring (bicyclic) bond motifs is 2. The van der Waals surface area contributed by atoms with Crippen LogP contribution in [0.1, 0.15) is 27.7 Å². The second-order valence-corrected chi connectivity index (χ2v) is 4.94. The van der Waals surface area contributed by atoms with Gasteiger partial charge in [0.25, 0.3) is 0 Å². The summed E-state index contributed by atoms with van der Waals surface area (Å²) in [7, 11) is 0. The third kappa shape index (κ3) is 1.86. The summed E-state index contributed by atoms with van der Waals surface area (Å²) in [4.78, 5) is 15.4. The topological polar surface area (TPSA) is 72.6 Å². The zero-order valence-electron chi connectivity index (χ0n) is 10.9. The van der Waals surface area contributed by atoms with Crippen molar-refractivity contribution < 1.29 is 19.1 Å². The first-order chi connectivity index (χ1) is 10.2. The molecule has 0 amide bonds. The highest BCUT2D eigenvalue weighted by Crippen LogP contribution is 2.38. The summed E-state index contributed by atoms with van der Waals surface area (Å²) in [5, 5.41) is 9.01. The molecule has 0 aliphatic carbocycles. The Hall–Kier alpha value is -2.82. The molecule has 2 aromatic carbocycles. The maximum atomic E-state index is 11.0. The minimum absolute atomic E-state index is 0.0538. The molecule has 5 nitrogen and oxygen atoms in total. The number of aromatic nitrogens is 1. The Morgan fingerprint density at radius 2 is 2.10 bits per heavy atom. The molecule has 0 bridgehead atoms. The number of benzene rings is 2. The van der Waals surface area contributed by atoms with Crippen LogP contribution in [0, 0.1) is 0 Å². The highest BCUT2D eigenvalue weighted by atomic mass is 16.5. The van der Waals surface area contributed by atoms with Crippen LogP contribution in [0.5, 0.6) is 5.75 Å². The number of carbonyl (C=O) groups is 1. The van der Waals surface area contributed by atoms with Gasteiger partial charge >= 0.3 is 5.97 Å². The van der Waals surface area contributed by atoms with E-state index in [2.05, 4.69) is 4.98 Å². The fourth-order valence-corrected chi connectivity index (χ4v) is 2.59. The molecule has 3 aromatic rings. The van der Waals surface area contributed by atoms with Gasteiger partial charge in [0.1, 0.15) is 17.9 Å². The lowest BCUT2D eigenvalue weighted by atomic mass is 10.0. The van der Waals surface area contributed by atoms with Crippen LogP contribution in [0.3, 0.4) is 0 Å². The molecule has 0 saturated heterocycles. The first-order valence-electron chi connectivity index (χ1n) is 6.58. The van der Waals surface area contributed by atoms with E-state index < -0.39 is 5.97 Å². The van der Waals surface area contributed by atoms with Crippen LogP contribution in [0.25, 0.3) is 11.1 Å². The molecule has 1 unspecified atom stereocenters. The summed E-state index contributed by atoms with van der Waals surface area (Å²) in [5.74, 6) is 0.367. The number of ether oxygens (including phenoxy) is 1. The lowest BCUT2D eigenvalue weighted by molar-refractivity contribution is 0.0697. The Bertz CT molecular complexity index is 852. The summed E-state index contributed by atoms with van der Waals surface area (Å²) in [6.07, 6.45) is 0. The molecule has 1 atom stereocenters. The average Bonchev–Trinajstić information content (AvgIpc) is 3.09. The van der Waals surface area contributed by atoms with E-state index in [9.17, 15) is 4.79 Å². The van der Waals surface area contributed by atoms with Crippen LogP contribution < -0.4 is 4.74 Å². The van der Waals surface area contributed by atoms with Crippen molar-refractivity contribution in [3.05, 3.63) is 59.5 Å². The molecule has 2 heterocycles. The van der Waals surface area contributed by atoms with Gasteiger partial charge in [0.2, 0.25) is 5.89 Å². The molecule has 21 heavy (non-hydrogen) atoms. The van der Waals surface area contributed by atoms with Crippen molar-refractivity contribution in [2.75, 3.05) is 6.61 Å². The fourth-order valence-electron chi connectivity index (χ4n) is 2.59. The van der Waals surface area contributed by atoms with Crippen molar-refractivity contribution in [2.24, 2.45) is 0 Å². The molecule has 1 aliphatic heterocycles. The Labute approximate surface area is 119 Å². The second kappa shape index (κ2) is 4.34. The Kier molecular flexibility index (Phi) is 2.47. The van der Waals surface area contributed by atoms with Crippen molar-refractivity contribution in [1.29, 1.82) is 0 Å². The first-order valence-corrected chi connectivity index (χ1v) is 6.58. The quantitative estimate of drug-likeness (QED) is 0.781. The zero-order valence-corrected chi connectivity index (χ0v) is 10.9. The number of carboxylic acid groups (broad SMARTS) is 1. The van der Waals surface area contributed by atoms with E-state index in [-0.39, 0.29) is 11.5 Å². The van der Waals surface area contributed by atoms with Crippen molar-refractivity contribution in [3.63, 3.8) is 0 Å². The zero-order chi connectivity index (χ0) is 14.4. The molecule has 0 fully saturated rings. The van der Waals surface area contributed by atoms with Gasteiger partial charge in [-0.25, -0.2) is 9.78 Å². The number of carboxylic acids is 1. The number of rotatable bonds is 2. The van der Waals surface area contributed by atoms with E-state index in [0.29, 0.717) is 23.6 Å². The summed E-state index contributed by atoms with van der Waals surface area (Å²) in [6.45, 7) is 0.484. The third-order valence-corrected chi connectivity index (χ3v) is 3.65. The molecule has 1 aliphatic rings. The summed E-state index contributed by atoms with van der Waals surface area (Å²) < 4.78 is 11.4. The number of hydrogen-bond donors (Lipinski definition) is 1. The maximum Gasteiger partial charge on any atom is 0.335 e. The maximum absolute atomic E-state index is 11.0.